The Kier molecular flexibility index (Phi) is 6.89. The summed E-state index contributed by atoms with van der Waals surface area (Å²) in [7, 11) is -0.180. The largest absolute Gasteiger partial charge is 0.461 e. The highest BCUT2D eigenvalue weighted by Gasteiger charge is 2.33. The minimum atomic E-state index is -0.180. The van der Waals surface area contributed by atoms with Gasteiger partial charge >= 0.3 is 7.12 Å². The number of hydrogen-bond donors (Lipinski definition) is 0. The lowest BCUT2D eigenvalue weighted by Crippen LogP contribution is -2.37. The second-order valence-electron chi connectivity index (χ2n) is 6.50. The minimum absolute atomic E-state index is 0.170. The summed E-state index contributed by atoms with van der Waals surface area (Å²) in [6, 6.07) is 2.26. The van der Waals surface area contributed by atoms with E-state index in [-0.39, 0.29) is 12.9 Å². The summed E-state index contributed by atoms with van der Waals surface area (Å²) < 4.78 is 12.5. The van der Waals surface area contributed by atoms with Crippen LogP contribution in [0, 0.1) is 11.3 Å². The zero-order chi connectivity index (χ0) is 14.2. The molecule has 0 bridgehead atoms. The van der Waals surface area contributed by atoms with E-state index >= 15 is 0 Å². The molecular formula is C16H28BNO2. The van der Waals surface area contributed by atoms with Gasteiger partial charge in [-0.3, -0.25) is 0 Å². The molecule has 0 N–H and O–H groups in total. The number of rotatable bonds is 6. The predicted octanol–water partition coefficient (Wildman–Crippen LogP) is 4.48. The van der Waals surface area contributed by atoms with E-state index in [1.165, 1.54) is 38.5 Å². The molecule has 2 rings (SSSR count). The Morgan fingerprint density at radius 2 is 1.40 bits per heavy atom. The van der Waals surface area contributed by atoms with Gasteiger partial charge in [0.15, 0.2) is 0 Å². The van der Waals surface area contributed by atoms with Crippen LogP contribution >= 0.6 is 0 Å². The Balaban J connectivity index is 1.86. The number of nitriles is 1. The third-order valence-corrected chi connectivity index (χ3v) is 4.64. The zero-order valence-electron chi connectivity index (χ0n) is 12.9. The van der Waals surface area contributed by atoms with Gasteiger partial charge in [-0.15, -0.1) is 0 Å². The first-order valence-corrected chi connectivity index (χ1v) is 8.47. The molecule has 0 aliphatic heterocycles. The van der Waals surface area contributed by atoms with Gasteiger partial charge in [-0.2, -0.15) is 5.26 Å². The SMILES string of the molecule is CC(CC#N)B(OC1CCCCC1)OC1CCCCC1. The van der Waals surface area contributed by atoms with E-state index in [4.69, 9.17) is 14.6 Å². The van der Waals surface area contributed by atoms with Gasteiger partial charge in [0.1, 0.15) is 0 Å². The van der Waals surface area contributed by atoms with Gasteiger partial charge in [0.25, 0.3) is 0 Å². The van der Waals surface area contributed by atoms with Gasteiger partial charge < -0.3 is 9.31 Å². The van der Waals surface area contributed by atoms with Crippen LogP contribution in [0.1, 0.15) is 77.6 Å². The van der Waals surface area contributed by atoms with Crippen LogP contribution in [0.15, 0.2) is 0 Å². The van der Waals surface area contributed by atoms with Crippen LogP contribution in [0.5, 0.6) is 0 Å². The van der Waals surface area contributed by atoms with Gasteiger partial charge in [0.2, 0.25) is 0 Å². The summed E-state index contributed by atoms with van der Waals surface area (Å²) in [5, 5.41) is 8.94. The van der Waals surface area contributed by atoms with Crippen molar-refractivity contribution in [3.63, 3.8) is 0 Å². The molecule has 2 aliphatic carbocycles. The molecule has 0 radical (unpaired) electrons. The van der Waals surface area contributed by atoms with Crippen LogP contribution in [0.3, 0.4) is 0 Å². The average Bonchev–Trinajstić information content (AvgIpc) is 2.49. The molecule has 2 saturated carbocycles. The molecule has 1 atom stereocenters. The average molecular weight is 277 g/mol. The van der Waals surface area contributed by atoms with E-state index < -0.39 is 0 Å². The van der Waals surface area contributed by atoms with Crippen LogP contribution < -0.4 is 0 Å². The van der Waals surface area contributed by atoms with E-state index in [2.05, 4.69) is 13.0 Å². The molecule has 112 valence electrons. The first-order valence-electron chi connectivity index (χ1n) is 8.47. The predicted molar refractivity (Wildman–Crippen MR) is 81.3 cm³/mol. The maximum absolute atomic E-state index is 8.94. The lowest BCUT2D eigenvalue weighted by Gasteiger charge is -2.31. The van der Waals surface area contributed by atoms with Crippen molar-refractivity contribution in [1.82, 2.24) is 0 Å². The standard InChI is InChI=1S/C16H28BNO2/c1-14(12-13-18)17(19-15-8-4-2-5-9-15)20-16-10-6-3-7-11-16/h14-16H,2-12H2,1H3. The zero-order valence-corrected chi connectivity index (χ0v) is 12.9. The molecule has 3 nitrogen and oxygen atoms in total. The highest BCUT2D eigenvalue weighted by atomic mass is 16.6. The van der Waals surface area contributed by atoms with E-state index in [1.54, 1.807) is 0 Å². The maximum atomic E-state index is 8.94. The van der Waals surface area contributed by atoms with Crippen molar-refractivity contribution < 1.29 is 9.31 Å². The van der Waals surface area contributed by atoms with Gasteiger partial charge in [0, 0.05) is 24.4 Å². The molecule has 0 aromatic rings. The molecule has 0 aromatic heterocycles. The molecule has 2 fully saturated rings. The molecular weight excluding hydrogens is 249 g/mol. The van der Waals surface area contributed by atoms with Crippen molar-refractivity contribution in [1.29, 1.82) is 5.26 Å². The summed E-state index contributed by atoms with van der Waals surface area (Å²) in [5.41, 5.74) is 0. The monoisotopic (exact) mass is 277 g/mol. The summed E-state index contributed by atoms with van der Waals surface area (Å²) in [5.74, 6) is 0.170. The van der Waals surface area contributed by atoms with Crippen molar-refractivity contribution in [2.45, 2.75) is 95.6 Å². The Hall–Kier alpha value is -0.525. The smallest absolute Gasteiger partial charge is 0.408 e. The molecule has 2 aliphatic rings. The first-order chi connectivity index (χ1) is 9.79. The summed E-state index contributed by atoms with van der Waals surface area (Å²) >= 11 is 0. The third-order valence-electron chi connectivity index (χ3n) is 4.64. The fourth-order valence-electron chi connectivity index (χ4n) is 3.32. The minimum Gasteiger partial charge on any atom is -0.408 e. The van der Waals surface area contributed by atoms with Crippen LogP contribution in [0.2, 0.25) is 5.82 Å². The second kappa shape index (κ2) is 8.69. The van der Waals surface area contributed by atoms with Crippen molar-refractivity contribution >= 4 is 7.12 Å². The first kappa shape index (κ1) is 15.9. The highest BCUT2D eigenvalue weighted by Crippen LogP contribution is 2.28. The van der Waals surface area contributed by atoms with Crippen LogP contribution in [-0.4, -0.2) is 19.3 Å². The number of nitrogens with zero attached hydrogens (tertiary/aromatic N) is 1. The fourth-order valence-corrected chi connectivity index (χ4v) is 3.32. The topological polar surface area (TPSA) is 42.2 Å². The Morgan fingerprint density at radius 3 is 1.80 bits per heavy atom. The summed E-state index contributed by atoms with van der Waals surface area (Å²) in [6.45, 7) is 2.08. The molecule has 0 aromatic carbocycles. The fraction of sp³-hybridized carbons (Fsp3) is 0.938. The van der Waals surface area contributed by atoms with Crippen molar-refractivity contribution in [3.8, 4) is 6.07 Å². The van der Waals surface area contributed by atoms with Gasteiger partial charge in [-0.1, -0.05) is 45.4 Å². The quantitative estimate of drug-likeness (QED) is 0.672. The molecule has 0 heterocycles. The highest BCUT2D eigenvalue weighted by molar-refractivity contribution is 6.46. The summed E-state index contributed by atoms with van der Waals surface area (Å²) in [6.07, 6.45) is 13.6. The molecule has 0 saturated heterocycles. The normalized spacial score (nSPS) is 23.2. The van der Waals surface area contributed by atoms with E-state index in [9.17, 15) is 0 Å². The van der Waals surface area contributed by atoms with Crippen LogP contribution in [0.4, 0.5) is 0 Å². The summed E-state index contributed by atoms with van der Waals surface area (Å²) in [4.78, 5) is 0. The van der Waals surface area contributed by atoms with Gasteiger partial charge in [0.05, 0.1) is 6.07 Å². The second-order valence-corrected chi connectivity index (χ2v) is 6.50. The molecule has 0 amide bonds. The maximum Gasteiger partial charge on any atom is 0.461 e. The van der Waals surface area contributed by atoms with Crippen LogP contribution in [-0.2, 0) is 9.31 Å². The van der Waals surface area contributed by atoms with E-state index in [0.717, 1.165) is 25.7 Å². The third kappa shape index (κ3) is 5.11. The van der Waals surface area contributed by atoms with Gasteiger partial charge in [-0.25, -0.2) is 0 Å². The molecule has 0 spiro atoms. The van der Waals surface area contributed by atoms with E-state index in [1.807, 2.05) is 0 Å². The Bertz CT molecular complexity index is 286. The van der Waals surface area contributed by atoms with Crippen molar-refractivity contribution in [2.75, 3.05) is 0 Å². The lowest BCUT2D eigenvalue weighted by molar-refractivity contribution is 0.0616. The van der Waals surface area contributed by atoms with Gasteiger partial charge in [-0.05, 0) is 25.7 Å². The van der Waals surface area contributed by atoms with E-state index in [0.29, 0.717) is 18.6 Å². The molecule has 20 heavy (non-hydrogen) atoms. The Morgan fingerprint density at radius 1 is 0.950 bits per heavy atom. The molecule has 4 heteroatoms. The lowest BCUT2D eigenvalue weighted by atomic mass is 9.70. The van der Waals surface area contributed by atoms with Crippen molar-refractivity contribution in [2.24, 2.45) is 0 Å². The Labute approximate surface area is 124 Å². The molecule has 1 unspecified atom stereocenters. The van der Waals surface area contributed by atoms with Crippen molar-refractivity contribution in [3.05, 3.63) is 0 Å². The van der Waals surface area contributed by atoms with Crippen LogP contribution in [0.25, 0.3) is 0 Å². The number of hydrogen-bond acceptors (Lipinski definition) is 3.